The molecule has 1 spiro atoms. The molecule has 320 valence electrons. The summed E-state index contributed by atoms with van der Waals surface area (Å²) in [5, 5.41) is 0. The van der Waals surface area contributed by atoms with Crippen molar-refractivity contribution in [3.8, 4) is 33.4 Å². The number of nitrogens with zero attached hydrogens (tertiary/aromatic N) is 2. The first kappa shape index (κ1) is 40.4. The summed E-state index contributed by atoms with van der Waals surface area (Å²) in [6.45, 7) is 9.50. The maximum Gasteiger partial charge on any atom is 0.214 e. The molecular weight excluding hydrogens is 809 g/mol. The van der Waals surface area contributed by atoms with Crippen LogP contribution in [0.15, 0.2) is 249 Å². The average Bonchev–Trinajstić information content (AvgIpc) is 3.89. The lowest BCUT2D eigenvalue weighted by Crippen LogP contribution is -2.36. The molecule has 0 bridgehead atoms. The highest BCUT2D eigenvalue weighted by Gasteiger charge is 2.51. The van der Waals surface area contributed by atoms with Crippen LogP contribution in [0.2, 0.25) is 0 Å². The molecule has 2 aliphatic heterocycles. The van der Waals surface area contributed by atoms with Gasteiger partial charge in [0.25, 0.3) is 0 Å². The van der Waals surface area contributed by atoms with Gasteiger partial charge in [0, 0.05) is 28.8 Å². The van der Waals surface area contributed by atoms with Gasteiger partial charge in [-0.15, -0.1) is 0 Å². The molecule has 2 heterocycles. The largest absolute Gasteiger partial charge is 0.310 e. The summed E-state index contributed by atoms with van der Waals surface area (Å²) in [4.78, 5) is 2.45. The highest BCUT2D eigenvalue weighted by atomic mass is 15.2. The van der Waals surface area contributed by atoms with Crippen LogP contribution in [0.25, 0.3) is 39.0 Å². The van der Waals surface area contributed by atoms with Gasteiger partial charge < -0.3 is 4.90 Å². The second-order valence-electron chi connectivity index (χ2n) is 18.3. The Bertz CT molecular complexity index is 3380. The number of anilines is 3. The zero-order valence-corrected chi connectivity index (χ0v) is 38.0. The summed E-state index contributed by atoms with van der Waals surface area (Å²) in [5.41, 5.74) is 22.7. The van der Waals surface area contributed by atoms with Crippen LogP contribution in [0.1, 0.15) is 65.3 Å². The summed E-state index contributed by atoms with van der Waals surface area (Å²) < 4.78 is 2.51. The van der Waals surface area contributed by atoms with E-state index in [1.165, 1.54) is 95.0 Å². The summed E-state index contributed by atoms with van der Waals surface area (Å²) in [7, 11) is 0. The first-order valence-corrected chi connectivity index (χ1v) is 23.7. The molecule has 2 heteroatoms. The third kappa shape index (κ3) is 6.43. The number of rotatable bonds is 9. The highest BCUT2D eigenvalue weighted by molar-refractivity contribution is 6.13. The quantitative estimate of drug-likeness (QED) is 0.131. The molecule has 2 nitrogen and oxygen atoms in total. The number of hydrogen-bond acceptors (Lipinski definition) is 1. The molecule has 0 radical (unpaired) electrons. The third-order valence-electron chi connectivity index (χ3n) is 14.7. The highest BCUT2D eigenvalue weighted by Crippen LogP contribution is 2.63. The molecule has 12 rings (SSSR count). The maximum atomic E-state index is 4.80. The van der Waals surface area contributed by atoms with E-state index in [1.54, 1.807) is 0 Å². The Hall–Kier alpha value is -8.07. The predicted molar refractivity (Wildman–Crippen MR) is 279 cm³/mol. The van der Waals surface area contributed by atoms with Crippen LogP contribution in [0.4, 0.5) is 17.1 Å². The van der Waals surface area contributed by atoms with E-state index < -0.39 is 5.41 Å². The molecule has 0 amide bonds. The number of allylic oxidation sites excluding steroid dienone is 2. The maximum absolute atomic E-state index is 4.80. The van der Waals surface area contributed by atoms with Crippen molar-refractivity contribution in [2.75, 3.05) is 4.90 Å². The van der Waals surface area contributed by atoms with Crippen molar-refractivity contribution in [2.45, 2.75) is 31.7 Å². The molecule has 9 aromatic rings. The summed E-state index contributed by atoms with van der Waals surface area (Å²) in [6.07, 6.45) is 3.37. The van der Waals surface area contributed by atoms with Crippen molar-refractivity contribution >= 4 is 28.3 Å². The molecule has 0 saturated carbocycles. The van der Waals surface area contributed by atoms with E-state index >= 15 is 0 Å². The van der Waals surface area contributed by atoms with Gasteiger partial charge in [-0.2, -0.15) is 4.58 Å². The standard InChI is InChI=1S/C65H51N2/c1-4-44(2)64(66-45(3)56(46-22-8-5-9-23-46)43-63(66)47-24-10-6-11-25-47)52-29-21-28-50(41-52)48-26-20-27-49(40-48)51-38-39-55-54-32-14-15-33-57(54)65(60(55)42-51)58-34-16-18-36-61(58)67(53-30-12-7-13-31-53)62-37-19-17-35-59(62)65/h5-44,64H,3-4H2,1-2H3/q+1. The van der Waals surface area contributed by atoms with Gasteiger partial charge in [-0.25, -0.2) is 0 Å². The fraction of sp³-hybridized carbons (Fsp3) is 0.0923. The van der Waals surface area contributed by atoms with Gasteiger partial charge in [-0.1, -0.05) is 190 Å². The van der Waals surface area contributed by atoms with Gasteiger partial charge in [0.2, 0.25) is 11.4 Å². The van der Waals surface area contributed by atoms with Gasteiger partial charge in [0.15, 0.2) is 6.04 Å². The Labute approximate surface area is 394 Å². The molecule has 2 atom stereocenters. The lowest BCUT2D eigenvalue weighted by atomic mass is 9.64. The van der Waals surface area contributed by atoms with Crippen LogP contribution in [-0.2, 0) is 5.41 Å². The first-order chi connectivity index (χ1) is 33.0. The minimum absolute atomic E-state index is 0.0712. The lowest BCUT2D eigenvalue weighted by Gasteiger charge is -2.45. The molecule has 9 aromatic carbocycles. The zero-order valence-electron chi connectivity index (χ0n) is 38.0. The second-order valence-corrected chi connectivity index (χ2v) is 18.3. The normalized spacial score (nSPS) is 15.1. The third-order valence-corrected chi connectivity index (χ3v) is 14.7. The van der Waals surface area contributed by atoms with Crippen molar-refractivity contribution in [3.63, 3.8) is 0 Å². The molecule has 0 fully saturated rings. The lowest BCUT2D eigenvalue weighted by molar-refractivity contribution is -0.525. The summed E-state index contributed by atoms with van der Waals surface area (Å²) in [6, 6.07) is 85.2. The first-order valence-electron chi connectivity index (χ1n) is 23.7. The van der Waals surface area contributed by atoms with Gasteiger partial charge in [-0.3, -0.25) is 0 Å². The van der Waals surface area contributed by atoms with Crippen LogP contribution in [0, 0.1) is 5.92 Å². The summed E-state index contributed by atoms with van der Waals surface area (Å²) in [5.74, 6) is 0.346. The SMILES string of the molecule is C=C1C(c2ccccc2)=CC(c2ccccc2)=[N+]1C(c1cccc(-c2cccc(-c3ccc4c(c3)C3(c5ccccc5-4)c4ccccc4N(c4ccccc4)c4ccccc43)c2)c1)C(C)CC. The minimum atomic E-state index is -0.512. The van der Waals surface area contributed by atoms with Crippen molar-refractivity contribution in [2.24, 2.45) is 5.92 Å². The van der Waals surface area contributed by atoms with E-state index in [0.29, 0.717) is 5.92 Å². The Balaban J connectivity index is 0.976. The van der Waals surface area contributed by atoms with Gasteiger partial charge in [0.05, 0.1) is 22.4 Å². The van der Waals surface area contributed by atoms with E-state index in [4.69, 9.17) is 6.58 Å². The molecule has 3 aliphatic rings. The number of benzene rings is 9. The van der Waals surface area contributed by atoms with Crippen LogP contribution in [0.5, 0.6) is 0 Å². The van der Waals surface area contributed by atoms with Crippen LogP contribution >= 0.6 is 0 Å². The Morgan fingerprint density at radius 1 is 0.463 bits per heavy atom. The molecule has 0 saturated heterocycles. The van der Waals surface area contributed by atoms with E-state index in [-0.39, 0.29) is 6.04 Å². The van der Waals surface area contributed by atoms with E-state index in [0.717, 1.165) is 17.8 Å². The molecule has 2 unspecified atom stereocenters. The number of para-hydroxylation sites is 3. The zero-order chi connectivity index (χ0) is 45.1. The van der Waals surface area contributed by atoms with Crippen molar-refractivity contribution in [1.29, 1.82) is 0 Å². The predicted octanol–water partition coefficient (Wildman–Crippen LogP) is 16.4. The number of hydrogen-bond donors (Lipinski definition) is 0. The minimum Gasteiger partial charge on any atom is -0.310 e. The Morgan fingerprint density at radius 2 is 0.970 bits per heavy atom. The molecular formula is C65H51N2+. The smallest absolute Gasteiger partial charge is 0.214 e. The van der Waals surface area contributed by atoms with E-state index in [2.05, 4.69) is 260 Å². The molecule has 67 heavy (non-hydrogen) atoms. The van der Waals surface area contributed by atoms with Crippen LogP contribution in [-0.4, -0.2) is 10.3 Å². The van der Waals surface area contributed by atoms with Crippen molar-refractivity contribution in [1.82, 2.24) is 0 Å². The van der Waals surface area contributed by atoms with Crippen molar-refractivity contribution < 1.29 is 4.58 Å². The van der Waals surface area contributed by atoms with Gasteiger partial charge in [0.1, 0.15) is 0 Å². The van der Waals surface area contributed by atoms with Gasteiger partial charge in [-0.05, 0) is 129 Å². The summed E-state index contributed by atoms with van der Waals surface area (Å²) >= 11 is 0. The monoisotopic (exact) mass is 859 g/mol. The van der Waals surface area contributed by atoms with Crippen molar-refractivity contribution in [3.05, 3.63) is 288 Å². The van der Waals surface area contributed by atoms with Gasteiger partial charge >= 0.3 is 0 Å². The second kappa shape index (κ2) is 16.4. The molecule has 0 aromatic heterocycles. The van der Waals surface area contributed by atoms with E-state index in [1.807, 2.05) is 0 Å². The van der Waals surface area contributed by atoms with Crippen LogP contribution < -0.4 is 4.90 Å². The molecule has 1 aliphatic carbocycles. The molecule has 0 N–H and O–H groups in total. The Morgan fingerprint density at radius 3 is 1.63 bits per heavy atom. The fourth-order valence-electron chi connectivity index (χ4n) is 11.5. The fourth-order valence-corrected chi connectivity index (χ4v) is 11.5. The average molecular weight is 860 g/mol. The topological polar surface area (TPSA) is 6.25 Å². The van der Waals surface area contributed by atoms with Crippen LogP contribution in [0.3, 0.4) is 0 Å². The van der Waals surface area contributed by atoms with E-state index in [9.17, 15) is 0 Å². The number of fused-ring (bicyclic) bond motifs is 9. The Kier molecular flexibility index (Phi) is 9.91.